The van der Waals surface area contributed by atoms with Gasteiger partial charge >= 0.3 is 6.18 Å². The van der Waals surface area contributed by atoms with E-state index >= 15 is 0 Å². The summed E-state index contributed by atoms with van der Waals surface area (Å²) < 4.78 is 42.8. The van der Waals surface area contributed by atoms with Gasteiger partial charge in [0.2, 0.25) is 0 Å². The Morgan fingerprint density at radius 2 is 1.43 bits per heavy atom. The molecule has 2 aromatic carbocycles. The monoisotopic (exact) mass is 315 g/mol. The van der Waals surface area contributed by atoms with Gasteiger partial charge in [-0.2, -0.15) is 13.2 Å². The van der Waals surface area contributed by atoms with Crippen molar-refractivity contribution in [1.82, 2.24) is 4.84 Å². The Bertz CT molecular complexity index is 567. The third kappa shape index (κ3) is 4.65. The van der Waals surface area contributed by atoms with Crippen LogP contribution < -0.4 is 9.57 Å². The van der Waals surface area contributed by atoms with E-state index in [-0.39, 0.29) is 0 Å². The van der Waals surface area contributed by atoms with Gasteiger partial charge in [0.05, 0.1) is 5.56 Å². The summed E-state index contributed by atoms with van der Waals surface area (Å²) in [6, 6.07) is 11.9. The van der Waals surface area contributed by atoms with E-state index < -0.39 is 11.7 Å². The number of hydrogen-bond donors (Lipinski definition) is 1. The number of rotatable bonds is 5. The molecular weight excluding hydrogens is 303 g/mol. The fraction of sp³-hybridized carbons (Fsp3) is 0.200. The van der Waals surface area contributed by atoms with Crippen LogP contribution in [0.3, 0.4) is 0 Å². The molecule has 0 saturated carbocycles. The molecule has 0 spiro atoms. The molecule has 2 rings (SSSR count). The first kappa shape index (κ1) is 15.7. The van der Waals surface area contributed by atoms with Crippen LogP contribution in [0.1, 0.15) is 11.1 Å². The van der Waals surface area contributed by atoms with Gasteiger partial charge in [0, 0.05) is 6.54 Å². The molecule has 0 heterocycles. The lowest BCUT2D eigenvalue weighted by Gasteiger charge is -2.09. The van der Waals surface area contributed by atoms with Crippen molar-refractivity contribution in [2.75, 3.05) is 6.54 Å². The van der Waals surface area contributed by atoms with Gasteiger partial charge in [0.25, 0.3) is 0 Å². The molecule has 2 nitrogen and oxygen atoms in total. The Morgan fingerprint density at radius 1 is 0.905 bits per heavy atom. The smallest absolute Gasteiger partial charge is 0.416 e. The molecule has 1 N–H and O–H groups in total. The molecule has 6 heteroatoms. The van der Waals surface area contributed by atoms with Crippen LogP contribution in [0.5, 0.6) is 11.5 Å². The van der Waals surface area contributed by atoms with Crippen LogP contribution in [0.2, 0.25) is 0 Å². The number of benzene rings is 2. The molecule has 0 radical (unpaired) electrons. The van der Waals surface area contributed by atoms with Gasteiger partial charge in [-0.25, -0.2) is 4.84 Å². The van der Waals surface area contributed by atoms with Gasteiger partial charge in [0.15, 0.2) is 0 Å². The Kier molecular flexibility index (Phi) is 5.09. The van der Waals surface area contributed by atoms with Crippen molar-refractivity contribution >= 4 is 11.8 Å². The molecule has 0 aliphatic heterocycles. The molecule has 0 bridgehead atoms. The van der Waals surface area contributed by atoms with Crippen molar-refractivity contribution in [3.05, 3.63) is 59.7 Å². The number of alkyl halides is 3. The molecule has 112 valence electrons. The van der Waals surface area contributed by atoms with Gasteiger partial charge in [0.1, 0.15) is 11.5 Å². The fourth-order valence-electron chi connectivity index (χ4n) is 1.76. The van der Waals surface area contributed by atoms with E-state index in [1.54, 1.807) is 12.1 Å². The lowest BCUT2D eigenvalue weighted by atomic mass is 10.1. The zero-order chi connectivity index (χ0) is 15.3. The molecule has 0 fully saturated rings. The molecule has 0 saturated heterocycles. The quantitative estimate of drug-likeness (QED) is 0.801. The Morgan fingerprint density at radius 3 is 1.90 bits per heavy atom. The van der Waals surface area contributed by atoms with Crippen molar-refractivity contribution in [2.45, 2.75) is 12.6 Å². The fourth-order valence-corrected chi connectivity index (χ4v) is 1.86. The van der Waals surface area contributed by atoms with Crippen molar-refractivity contribution < 1.29 is 17.9 Å². The molecule has 0 atom stereocenters. The minimum Gasteiger partial charge on any atom is -0.457 e. The first-order chi connectivity index (χ1) is 9.99. The second-order valence-corrected chi connectivity index (χ2v) is 4.67. The maximum Gasteiger partial charge on any atom is 0.416 e. The summed E-state index contributed by atoms with van der Waals surface area (Å²) in [5, 5.41) is 0. The van der Waals surface area contributed by atoms with Crippen LogP contribution in [0.4, 0.5) is 13.2 Å². The summed E-state index contributed by atoms with van der Waals surface area (Å²) >= 11 is 5.38. The normalized spacial score (nSPS) is 11.4. The van der Waals surface area contributed by atoms with E-state index in [0.717, 1.165) is 24.1 Å². The lowest BCUT2D eigenvalue weighted by molar-refractivity contribution is -0.137. The average molecular weight is 316 g/mol. The highest BCUT2D eigenvalue weighted by molar-refractivity contribution is 6.13. The van der Waals surface area contributed by atoms with E-state index in [4.69, 9.17) is 16.5 Å². The van der Waals surface area contributed by atoms with Crippen LogP contribution >= 0.6 is 11.8 Å². The summed E-state index contributed by atoms with van der Waals surface area (Å²) in [7, 11) is 0. The zero-order valence-electron chi connectivity index (χ0n) is 11.0. The van der Waals surface area contributed by atoms with Gasteiger partial charge in [-0.1, -0.05) is 12.1 Å². The molecule has 0 aliphatic rings. The highest BCUT2D eigenvalue weighted by Gasteiger charge is 2.30. The number of hydrogen-bond acceptors (Lipinski definition) is 2. The first-order valence-corrected chi connectivity index (χ1v) is 6.64. The van der Waals surface area contributed by atoms with Gasteiger partial charge in [-0.3, -0.25) is 0 Å². The second-order valence-electron chi connectivity index (χ2n) is 4.40. The minimum absolute atomic E-state index is 0.359. The lowest BCUT2D eigenvalue weighted by Crippen LogP contribution is -2.04. The highest BCUT2D eigenvalue weighted by atomic mass is 35.5. The van der Waals surface area contributed by atoms with Crippen LogP contribution in [0.25, 0.3) is 0 Å². The van der Waals surface area contributed by atoms with Crippen LogP contribution in [-0.2, 0) is 12.6 Å². The molecule has 0 aromatic heterocycles. The standard InChI is InChI=1S/C15H13ClF3NO/c16-20-10-9-11-1-5-13(6-2-11)21-14-7-3-12(4-8-14)15(17,18)19/h1-8,20H,9-10H2. The summed E-state index contributed by atoms with van der Waals surface area (Å²) in [4.78, 5) is 2.54. The van der Waals surface area contributed by atoms with Crippen LogP contribution in [0, 0.1) is 0 Å². The van der Waals surface area contributed by atoms with E-state index in [0.29, 0.717) is 18.0 Å². The zero-order valence-corrected chi connectivity index (χ0v) is 11.7. The Hall–Kier alpha value is -1.72. The van der Waals surface area contributed by atoms with Crippen molar-refractivity contribution in [3.8, 4) is 11.5 Å². The summed E-state index contributed by atoms with van der Waals surface area (Å²) in [6.07, 6.45) is -3.55. The van der Waals surface area contributed by atoms with Crippen LogP contribution in [0.15, 0.2) is 48.5 Å². The maximum absolute atomic E-state index is 12.4. The molecule has 2 aromatic rings. The third-order valence-electron chi connectivity index (χ3n) is 2.85. The van der Waals surface area contributed by atoms with Gasteiger partial charge in [-0.15, -0.1) is 0 Å². The summed E-state index contributed by atoms with van der Waals surface area (Å²) in [6.45, 7) is 0.653. The number of ether oxygens (including phenoxy) is 1. The summed E-state index contributed by atoms with van der Waals surface area (Å²) in [5.41, 5.74) is 0.390. The molecule has 0 aliphatic carbocycles. The highest BCUT2D eigenvalue weighted by Crippen LogP contribution is 2.31. The third-order valence-corrected chi connectivity index (χ3v) is 3.04. The molecule has 0 amide bonds. The van der Waals surface area contributed by atoms with E-state index in [1.807, 2.05) is 12.1 Å². The molecular formula is C15H13ClF3NO. The van der Waals surface area contributed by atoms with Gasteiger partial charge < -0.3 is 4.74 Å². The summed E-state index contributed by atoms with van der Waals surface area (Å²) in [5.74, 6) is 0.926. The van der Waals surface area contributed by atoms with Crippen molar-refractivity contribution in [1.29, 1.82) is 0 Å². The first-order valence-electron chi connectivity index (χ1n) is 6.26. The molecule has 0 unspecified atom stereocenters. The Labute approximate surface area is 125 Å². The average Bonchev–Trinajstić information content (AvgIpc) is 2.46. The Balaban J connectivity index is 2.01. The van der Waals surface area contributed by atoms with Crippen LogP contribution in [-0.4, -0.2) is 6.54 Å². The molecule has 21 heavy (non-hydrogen) atoms. The van der Waals surface area contributed by atoms with Crippen molar-refractivity contribution in [3.63, 3.8) is 0 Å². The van der Waals surface area contributed by atoms with E-state index in [9.17, 15) is 13.2 Å². The predicted molar refractivity (Wildman–Crippen MR) is 75.5 cm³/mol. The van der Waals surface area contributed by atoms with Crippen molar-refractivity contribution in [2.24, 2.45) is 0 Å². The SMILES string of the molecule is FC(F)(F)c1ccc(Oc2ccc(CCNCl)cc2)cc1. The van der Waals surface area contributed by atoms with E-state index in [2.05, 4.69) is 4.84 Å². The maximum atomic E-state index is 12.4. The number of nitrogens with one attached hydrogen (secondary N) is 1. The second kappa shape index (κ2) is 6.83. The number of halogens is 4. The van der Waals surface area contributed by atoms with E-state index in [1.165, 1.54) is 12.1 Å². The predicted octanol–water partition coefficient (Wildman–Crippen LogP) is 4.78. The minimum atomic E-state index is -4.34. The van der Waals surface area contributed by atoms with Gasteiger partial charge in [-0.05, 0) is 60.2 Å². The largest absolute Gasteiger partial charge is 0.457 e. The topological polar surface area (TPSA) is 21.3 Å².